The lowest BCUT2D eigenvalue weighted by Gasteiger charge is -2.33. The summed E-state index contributed by atoms with van der Waals surface area (Å²) in [7, 11) is 0. The minimum atomic E-state index is -0.341. The zero-order valence-electron chi connectivity index (χ0n) is 22.6. The Morgan fingerprint density at radius 1 is 0.897 bits per heavy atom. The monoisotopic (exact) mass is 547 g/mol. The molecule has 2 aromatic carbocycles. The molecule has 39 heavy (non-hydrogen) atoms. The second-order valence-electron chi connectivity index (χ2n) is 10.3. The summed E-state index contributed by atoms with van der Waals surface area (Å²) in [5.74, 6) is 0.299. The molecule has 2 amide bonds. The third-order valence-electron chi connectivity index (χ3n) is 7.37. The number of carbonyl (C=O) groups is 2. The third-order valence-corrected chi connectivity index (χ3v) is 8.19. The highest BCUT2D eigenvalue weighted by molar-refractivity contribution is 7.09. The highest BCUT2D eigenvalue weighted by atomic mass is 32.1. The first-order valence-corrected chi connectivity index (χ1v) is 14.7. The SMILES string of the molecule is Cc1nc(CCN2CCN(C(=O)Oc3ccc(NC(=O)c4ccc(CN5CCCCC5)cc4)cc3)CC2)cs1. The molecule has 8 nitrogen and oxygen atoms in total. The molecule has 1 N–H and O–H groups in total. The molecule has 206 valence electrons. The quantitative estimate of drug-likeness (QED) is 0.425. The Morgan fingerprint density at radius 3 is 2.28 bits per heavy atom. The number of aryl methyl sites for hydroxylation is 1. The van der Waals surface area contributed by atoms with E-state index in [0.29, 0.717) is 30.1 Å². The summed E-state index contributed by atoms with van der Waals surface area (Å²) in [6.07, 6.45) is 4.45. The van der Waals surface area contributed by atoms with Crippen LogP contribution in [0.2, 0.25) is 0 Å². The van der Waals surface area contributed by atoms with Crippen molar-refractivity contribution in [2.75, 3.05) is 51.1 Å². The van der Waals surface area contributed by atoms with Crippen molar-refractivity contribution in [2.45, 2.75) is 39.2 Å². The number of hydrogen-bond donors (Lipinski definition) is 1. The number of thiazole rings is 1. The Balaban J connectivity index is 1.04. The first kappa shape index (κ1) is 27.3. The van der Waals surface area contributed by atoms with Gasteiger partial charge in [-0.3, -0.25) is 14.6 Å². The number of ether oxygens (including phenoxy) is 1. The van der Waals surface area contributed by atoms with Crippen LogP contribution >= 0.6 is 11.3 Å². The van der Waals surface area contributed by atoms with E-state index in [1.807, 2.05) is 31.2 Å². The number of rotatable bonds is 8. The number of amides is 2. The lowest BCUT2D eigenvalue weighted by atomic mass is 10.1. The zero-order chi connectivity index (χ0) is 27.0. The van der Waals surface area contributed by atoms with Crippen LogP contribution in [0, 0.1) is 6.92 Å². The Morgan fingerprint density at radius 2 is 1.62 bits per heavy atom. The molecule has 1 aromatic heterocycles. The smallest absolute Gasteiger partial charge is 0.410 e. The van der Waals surface area contributed by atoms with Crippen LogP contribution in [0.4, 0.5) is 10.5 Å². The van der Waals surface area contributed by atoms with E-state index in [-0.39, 0.29) is 12.0 Å². The van der Waals surface area contributed by atoms with E-state index in [0.717, 1.165) is 56.4 Å². The van der Waals surface area contributed by atoms with Crippen molar-refractivity contribution < 1.29 is 14.3 Å². The maximum absolute atomic E-state index is 12.7. The molecule has 2 fully saturated rings. The molecule has 0 radical (unpaired) electrons. The third kappa shape index (κ3) is 7.88. The number of carbonyl (C=O) groups excluding carboxylic acids is 2. The number of piperidine rings is 1. The summed E-state index contributed by atoms with van der Waals surface area (Å²) >= 11 is 1.68. The summed E-state index contributed by atoms with van der Waals surface area (Å²) < 4.78 is 5.58. The zero-order valence-corrected chi connectivity index (χ0v) is 23.4. The van der Waals surface area contributed by atoms with E-state index in [9.17, 15) is 9.59 Å². The molecule has 2 aliphatic heterocycles. The molecule has 2 aliphatic rings. The maximum atomic E-state index is 12.7. The van der Waals surface area contributed by atoms with Crippen molar-refractivity contribution in [3.63, 3.8) is 0 Å². The Hall–Kier alpha value is -3.27. The van der Waals surface area contributed by atoms with Crippen LogP contribution in [0.1, 0.15) is 45.9 Å². The Kier molecular flexibility index (Phi) is 9.23. The fourth-order valence-corrected chi connectivity index (χ4v) is 5.71. The summed E-state index contributed by atoms with van der Waals surface area (Å²) in [5.41, 5.74) is 3.64. The van der Waals surface area contributed by atoms with Gasteiger partial charge in [-0.2, -0.15) is 0 Å². The standard InChI is InChI=1S/C30H37N5O3S/c1-23-31-27(22-39-23)13-16-33-17-19-35(20-18-33)30(37)38-28-11-9-26(10-12-28)32-29(36)25-7-5-24(6-8-25)21-34-14-3-2-4-15-34/h5-12,22H,2-4,13-21H2,1H3,(H,32,36). The number of nitrogens with one attached hydrogen (secondary N) is 1. The van der Waals surface area contributed by atoms with Gasteiger partial charge in [0.1, 0.15) is 5.75 Å². The molecule has 0 atom stereocenters. The maximum Gasteiger partial charge on any atom is 0.415 e. The Bertz CT molecular complexity index is 1230. The number of likely N-dealkylation sites (tertiary alicyclic amines) is 1. The number of aromatic nitrogens is 1. The topological polar surface area (TPSA) is 78.0 Å². The van der Waals surface area contributed by atoms with Crippen LogP contribution in [0.5, 0.6) is 5.75 Å². The Labute approximate surface area is 234 Å². The van der Waals surface area contributed by atoms with Crippen LogP contribution in [-0.2, 0) is 13.0 Å². The van der Waals surface area contributed by atoms with Gasteiger partial charge in [-0.1, -0.05) is 18.6 Å². The van der Waals surface area contributed by atoms with Gasteiger partial charge in [0.15, 0.2) is 0 Å². The molecule has 0 bridgehead atoms. The van der Waals surface area contributed by atoms with E-state index in [2.05, 4.69) is 25.5 Å². The lowest BCUT2D eigenvalue weighted by Crippen LogP contribution is -2.49. The second kappa shape index (κ2) is 13.2. The first-order valence-electron chi connectivity index (χ1n) is 13.8. The van der Waals surface area contributed by atoms with Gasteiger partial charge in [-0.05, 0) is 74.8 Å². The van der Waals surface area contributed by atoms with Crippen molar-refractivity contribution in [1.29, 1.82) is 0 Å². The van der Waals surface area contributed by atoms with Crippen molar-refractivity contribution >= 4 is 29.0 Å². The van der Waals surface area contributed by atoms with Crippen molar-refractivity contribution in [2.24, 2.45) is 0 Å². The van der Waals surface area contributed by atoms with Gasteiger partial charge in [0.2, 0.25) is 0 Å². The van der Waals surface area contributed by atoms with Gasteiger partial charge in [0, 0.05) is 62.3 Å². The van der Waals surface area contributed by atoms with Crippen LogP contribution < -0.4 is 10.1 Å². The van der Waals surface area contributed by atoms with Gasteiger partial charge in [0.05, 0.1) is 10.7 Å². The van der Waals surface area contributed by atoms with E-state index < -0.39 is 0 Å². The van der Waals surface area contributed by atoms with Gasteiger partial charge in [-0.25, -0.2) is 9.78 Å². The summed E-state index contributed by atoms with van der Waals surface area (Å²) in [6, 6.07) is 14.8. The highest BCUT2D eigenvalue weighted by Gasteiger charge is 2.22. The minimum absolute atomic E-state index is 0.160. The number of hydrogen-bond acceptors (Lipinski definition) is 7. The van der Waals surface area contributed by atoms with Crippen LogP contribution in [0.15, 0.2) is 53.9 Å². The predicted molar refractivity (Wildman–Crippen MR) is 155 cm³/mol. The van der Waals surface area contributed by atoms with E-state index >= 15 is 0 Å². The highest BCUT2D eigenvalue weighted by Crippen LogP contribution is 2.19. The van der Waals surface area contributed by atoms with Gasteiger partial charge < -0.3 is 15.0 Å². The fraction of sp³-hybridized carbons (Fsp3) is 0.433. The molecule has 9 heteroatoms. The molecule has 0 unspecified atom stereocenters. The molecule has 0 aliphatic carbocycles. The van der Waals surface area contributed by atoms with Crippen molar-refractivity contribution in [3.05, 3.63) is 75.7 Å². The molecule has 3 aromatic rings. The van der Waals surface area contributed by atoms with E-state index in [1.54, 1.807) is 40.5 Å². The molecular weight excluding hydrogens is 510 g/mol. The molecule has 3 heterocycles. The molecule has 2 saturated heterocycles. The molecule has 0 saturated carbocycles. The summed E-state index contributed by atoms with van der Waals surface area (Å²) in [4.78, 5) is 36.5. The second-order valence-corrected chi connectivity index (χ2v) is 11.4. The van der Waals surface area contributed by atoms with Crippen LogP contribution in [0.25, 0.3) is 0 Å². The molecule has 5 rings (SSSR count). The lowest BCUT2D eigenvalue weighted by molar-refractivity contribution is 0.102. The average molecular weight is 548 g/mol. The van der Waals surface area contributed by atoms with Crippen molar-refractivity contribution in [1.82, 2.24) is 19.7 Å². The molecular formula is C30H37N5O3S. The fourth-order valence-electron chi connectivity index (χ4n) is 5.06. The summed E-state index contributed by atoms with van der Waals surface area (Å²) in [6.45, 7) is 9.13. The number of nitrogens with zero attached hydrogens (tertiary/aromatic N) is 4. The average Bonchev–Trinajstić information content (AvgIpc) is 3.39. The number of anilines is 1. The van der Waals surface area contributed by atoms with Crippen molar-refractivity contribution in [3.8, 4) is 5.75 Å². The number of piperazine rings is 1. The van der Waals surface area contributed by atoms with Gasteiger partial charge in [-0.15, -0.1) is 11.3 Å². The minimum Gasteiger partial charge on any atom is -0.410 e. The largest absolute Gasteiger partial charge is 0.415 e. The van der Waals surface area contributed by atoms with Gasteiger partial charge >= 0.3 is 6.09 Å². The van der Waals surface area contributed by atoms with Crippen LogP contribution in [-0.4, -0.2) is 77.5 Å². The first-order chi connectivity index (χ1) is 19.0. The van der Waals surface area contributed by atoms with Crippen LogP contribution in [0.3, 0.4) is 0 Å². The van der Waals surface area contributed by atoms with Gasteiger partial charge in [0.25, 0.3) is 5.91 Å². The number of benzene rings is 2. The van der Waals surface area contributed by atoms with E-state index in [1.165, 1.54) is 24.8 Å². The summed E-state index contributed by atoms with van der Waals surface area (Å²) in [5, 5.41) is 6.14. The predicted octanol–water partition coefficient (Wildman–Crippen LogP) is 5.05. The van der Waals surface area contributed by atoms with E-state index in [4.69, 9.17) is 4.74 Å². The normalized spacial score (nSPS) is 16.7. The molecule has 0 spiro atoms.